The molecule has 1 saturated carbocycles. The molecule has 2 nitrogen and oxygen atoms in total. The third-order valence-corrected chi connectivity index (χ3v) is 2.66. The first kappa shape index (κ1) is 10.8. The molecule has 1 N–H and O–H groups in total. The lowest BCUT2D eigenvalue weighted by atomic mass is 9.81. The lowest BCUT2D eigenvalue weighted by Gasteiger charge is -2.41. The fraction of sp³-hybridized carbons (Fsp3) is 1.00. The van der Waals surface area contributed by atoms with Crippen molar-refractivity contribution in [3.63, 3.8) is 0 Å². The van der Waals surface area contributed by atoms with Crippen LogP contribution in [-0.4, -0.2) is 30.1 Å². The van der Waals surface area contributed by atoms with Crippen LogP contribution in [-0.2, 0) is 4.74 Å². The van der Waals surface area contributed by atoms with Crippen molar-refractivity contribution in [1.29, 1.82) is 0 Å². The second kappa shape index (κ2) is 3.46. The van der Waals surface area contributed by atoms with Crippen molar-refractivity contribution in [2.45, 2.75) is 43.6 Å². The highest BCUT2D eigenvalue weighted by molar-refractivity contribution is 4.97. The number of ether oxygens (including phenoxy) is 1. The Labute approximate surface area is 74.7 Å². The summed E-state index contributed by atoms with van der Waals surface area (Å²) in [5.41, 5.74) is -2.33. The van der Waals surface area contributed by atoms with Gasteiger partial charge in [0.05, 0.1) is 6.10 Å². The Hall–Kier alpha value is -0.290. The van der Waals surface area contributed by atoms with Gasteiger partial charge in [-0.25, -0.2) is 0 Å². The summed E-state index contributed by atoms with van der Waals surface area (Å²) in [5, 5.41) is 9.31. The van der Waals surface area contributed by atoms with Crippen LogP contribution >= 0.6 is 0 Å². The van der Waals surface area contributed by atoms with Gasteiger partial charge < -0.3 is 9.84 Å². The van der Waals surface area contributed by atoms with Crippen LogP contribution in [0.1, 0.15) is 25.7 Å². The lowest BCUT2D eigenvalue weighted by Crippen LogP contribution is -2.57. The summed E-state index contributed by atoms with van der Waals surface area (Å²) in [6.07, 6.45) is -4.82. The molecule has 0 bridgehead atoms. The second-order valence-electron chi connectivity index (χ2n) is 3.35. The van der Waals surface area contributed by atoms with Gasteiger partial charge in [-0.05, 0) is 12.8 Å². The summed E-state index contributed by atoms with van der Waals surface area (Å²) < 4.78 is 42.2. The van der Waals surface area contributed by atoms with E-state index in [2.05, 4.69) is 4.74 Å². The van der Waals surface area contributed by atoms with E-state index in [-0.39, 0.29) is 12.8 Å². The molecule has 1 fully saturated rings. The van der Waals surface area contributed by atoms with Crippen LogP contribution in [0.25, 0.3) is 0 Å². The zero-order chi connectivity index (χ0) is 10.1. The van der Waals surface area contributed by atoms with Gasteiger partial charge in [0.1, 0.15) is 0 Å². The van der Waals surface area contributed by atoms with Gasteiger partial charge in [0.15, 0.2) is 5.60 Å². The molecule has 0 aromatic rings. The lowest BCUT2D eigenvalue weighted by molar-refractivity contribution is -0.308. The van der Waals surface area contributed by atoms with Crippen LogP contribution in [0.3, 0.4) is 0 Å². The fourth-order valence-electron chi connectivity index (χ4n) is 1.81. The van der Waals surface area contributed by atoms with Gasteiger partial charge in [-0.2, -0.15) is 13.2 Å². The third kappa shape index (κ3) is 1.67. The Morgan fingerprint density at radius 2 is 2.00 bits per heavy atom. The van der Waals surface area contributed by atoms with Crippen LogP contribution in [0.15, 0.2) is 0 Å². The van der Waals surface area contributed by atoms with Crippen molar-refractivity contribution in [3.8, 4) is 0 Å². The zero-order valence-electron chi connectivity index (χ0n) is 7.40. The predicted octanol–water partition coefficient (Wildman–Crippen LogP) is 1.87. The average molecular weight is 198 g/mol. The summed E-state index contributed by atoms with van der Waals surface area (Å²) in [6.45, 7) is 0. The molecule has 0 aromatic heterocycles. The van der Waals surface area contributed by atoms with Crippen molar-refractivity contribution >= 4 is 0 Å². The molecule has 2 unspecified atom stereocenters. The maximum Gasteiger partial charge on any atom is 0.419 e. The second-order valence-corrected chi connectivity index (χ2v) is 3.35. The Balaban J connectivity index is 2.89. The van der Waals surface area contributed by atoms with Crippen LogP contribution in [0.4, 0.5) is 13.2 Å². The maximum atomic E-state index is 12.6. The first-order valence-electron chi connectivity index (χ1n) is 4.24. The smallest absolute Gasteiger partial charge is 0.390 e. The molecule has 0 saturated heterocycles. The number of rotatable bonds is 1. The van der Waals surface area contributed by atoms with Crippen molar-refractivity contribution in [3.05, 3.63) is 0 Å². The molecule has 1 aliphatic carbocycles. The largest absolute Gasteiger partial charge is 0.419 e. The zero-order valence-corrected chi connectivity index (χ0v) is 7.40. The number of hydrogen-bond donors (Lipinski definition) is 1. The van der Waals surface area contributed by atoms with E-state index in [0.29, 0.717) is 12.8 Å². The molecule has 78 valence electrons. The first-order valence-corrected chi connectivity index (χ1v) is 4.24. The Bertz CT molecular complexity index is 181. The van der Waals surface area contributed by atoms with Gasteiger partial charge in [0.2, 0.25) is 0 Å². The fourth-order valence-corrected chi connectivity index (χ4v) is 1.81. The van der Waals surface area contributed by atoms with E-state index >= 15 is 0 Å². The molecule has 2 atom stereocenters. The van der Waals surface area contributed by atoms with Crippen molar-refractivity contribution in [2.24, 2.45) is 0 Å². The van der Waals surface area contributed by atoms with E-state index in [1.165, 1.54) is 0 Å². The van der Waals surface area contributed by atoms with Gasteiger partial charge in [0, 0.05) is 7.11 Å². The van der Waals surface area contributed by atoms with E-state index in [0.717, 1.165) is 7.11 Å². The topological polar surface area (TPSA) is 29.5 Å². The van der Waals surface area contributed by atoms with E-state index in [9.17, 15) is 18.3 Å². The third-order valence-electron chi connectivity index (χ3n) is 2.66. The molecule has 1 aliphatic rings. The molecule has 13 heavy (non-hydrogen) atoms. The minimum atomic E-state index is -4.48. The van der Waals surface area contributed by atoms with Crippen molar-refractivity contribution in [2.75, 3.05) is 7.11 Å². The molecule has 0 aromatic carbocycles. The summed E-state index contributed by atoms with van der Waals surface area (Å²) in [5.74, 6) is 0. The number of aliphatic hydroxyl groups excluding tert-OH is 1. The van der Waals surface area contributed by atoms with Gasteiger partial charge in [-0.1, -0.05) is 12.8 Å². The predicted molar refractivity (Wildman–Crippen MR) is 40.3 cm³/mol. The van der Waals surface area contributed by atoms with Gasteiger partial charge in [-0.15, -0.1) is 0 Å². The highest BCUT2D eigenvalue weighted by Crippen LogP contribution is 2.43. The molecular formula is C8H13F3O2. The highest BCUT2D eigenvalue weighted by Gasteiger charge is 2.60. The highest BCUT2D eigenvalue weighted by atomic mass is 19.4. The Morgan fingerprint density at radius 1 is 1.38 bits per heavy atom. The summed E-state index contributed by atoms with van der Waals surface area (Å²) in [6, 6.07) is 0. The molecule has 0 spiro atoms. The molecule has 5 heteroatoms. The summed E-state index contributed by atoms with van der Waals surface area (Å²) in [7, 11) is 1.00. The standard InChI is InChI=1S/C8H13F3O2/c1-13-7(8(9,10)11)5-3-2-4-6(7)12/h6,12H,2-5H2,1H3. The van der Waals surface area contributed by atoms with Crippen LogP contribution in [0, 0.1) is 0 Å². The van der Waals surface area contributed by atoms with Crippen molar-refractivity contribution < 1.29 is 23.0 Å². The summed E-state index contributed by atoms with van der Waals surface area (Å²) in [4.78, 5) is 0. The number of halogens is 3. The quantitative estimate of drug-likeness (QED) is 0.697. The van der Waals surface area contributed by atoms with Crippen LogP contribution in [0.2, 0.25) is 0 Å². The van der Waals surface area contributed by atoms with Gasteiger partial charge in [0.25, 0.3) is 0 Å². The van der Waals surface area contributed by atoms with Crippen molar-refractivity contribution in [1.82, 2.24) is 0 Å². The molecule has 1 rings (SSSR count). The number of hydrogen-bond acceptors (Lipinski definition) is 2. The van der Waals surface area contributed by atoms with E-state index in [1.54, 1.807) is 0 Å². The molecule has 0 aliphatic heterocycles. The number of aliphatic hydroxyl groups is 1. The molecule has 0 heterocycles. The minimum Gasteiger partial charge on any atom is -0.390 e. The van der Waals surface area contributed by atoms with E-state index in [4.69, 9.17) is 0 Å². The minimum absolute atomic E-state index is 0.145. The monoisotopic (exact) mass is 198 g/mol. The Kier molecular flexibility index (Phi) is 2.87. The van der Waals surface area contributed by atoms with E-state index < -0.39 is 17.9 Å². The van der Waals surface area contributed by atoms with Gasteiger partial charge in [-0.3, -0.25) is 0 Å². The first-order chi connectivity index (χ1) is 5.94. The number of alkyl halides is 3. The summed E-state index contributed by atoms with van der Waals surface area (Å²) >= 11 is 0. The normalized spacial score (nSPS) is 36.2. The Morgan fingerprint density at radius 3 is 2.31 bits per heavy atom. The SMILES string of the molecule is COC1(C(F)(F)F)CCCCC1O. The average Bonchev–Trinajstić information content (AvgIpc) is 2.03. The molecule has 0 amide bonds. The maximum absolute atomic E-state index is 12.6. The molecule has 0 radical (unpaired) electrons. The van der Waals surface area contributed by atoms with E-state index in [1.807, 2.05) is 0 Å². The molecular weight excluding hydrogens is 185 g/mol. The van der Waals surface area contributed by atoms with Crippen LogP contribution in [0.5, 0.6) is 0 Å². The van der Waals surface area contributed by atoms with Gasteiger partial charge >= 0.3 is 6.18 Å². The number of methoxy groups -OCH3 is 1. The van der Waals surface area contributed by atoms with Crippen LogP contribution < -0.4 is 0 Å².